The monoisotopic (exact) mass is 364 g/mol. The molecule has 2 heterocycles. The van der Waals surface area contributed by atoms with Gasteiger partial charge in [-0.05, 0) is 48.6 Å². The minimum absolute atomic E-state index is 0.305. The molecule has 0 spiro atoms. The lowest BCUT2D eigenvalue weighted by Crippen LogP contribution is -2.38. The second kappa shape index (κ2) is 6.99. The quantitative estimate of drug-likeness (QED) is 0.777. The molecule has 0 saturated carbocycles. The molecule has 0 aromatic heterocycles. The summed E-state index contributed by atoms with van der Waals surface area (Å²) < 4.78 is 13.4. The lowest BCUT2D eigenvalue weighted by molar-refractivity contribution is -0.120. The van der Waals surface area contributed by atoms with Gasteiger partial charge in [0, 0.05) is 13.1 Å². The topological polar surface area (TPSA) is 40.6 Å². The molecule has 0 N–H and O–H groups in total. The Hall–Kier alpha value is -2.95. The third-order valence-electron chi connectivity index (χ3n) is 5.31. The van der Waals surface area contributed by atoms with Crippen molar-refractivity contribution in [3.05, 3.63) is 71.7 Å². The predicted octanol–water partition coefficient (Wildman–Crippen LogP) is 3.84. The summed E-state index contributed by atoms with van der Waals surface area (Å²) in [6, 6.07) is 14.7. The van der Waals surface area contributed by atoms with E-state index < -0.39 is 0 Å². The van der Waals surface area contributed by atoms with E-state index in [0.717, 1.165) is 25.9 Å². The summed E-state index contributed by atoms with van der Waals surface area (Å²) in [7, 11) is 0. The van der Waals surface area contributed by atoms with Crippen molar-refractivity contribution in [2.45, 2.75) is 19.8 Å². The Kier molecular flexibility index (Phi) is 4.52. The standard InChI is InChI=1S/C22H21FN2O2/c1-15-11-13-24(14-12-15)20-19(16-7-9-17(23)10-8-16)21(26)25(22(20)27)18-5-3-2-4-6-18/h2-10,15H,11-14H2,1H3. The van der Waals surface area contributed by atoms with E-state index in [-0.39, 0.29) is 17.6 Å². The van der Waals surface area contributed by atoms with Gasteiger partial charge in [-0.25, -0.2) is 9.29 Å². The first-order valence-electron chi connectivity index (χ1n) is 9.25. The maximum absolute atomic E-state index is 13.4. The highest BCUT2D eigenvalue weighted by molar-refractivity contribution is 6.45. The van der Waals surface area contributed by atoms with Crippen molar-refractivity contribution in [3.63, 3.8) is 0 Å². The molecule has 0 radical (unpaired) electrons. The van der Waals surface area contributed by atoms with Gasteiger partial charge in [0.05, 0.1) is 11.3 Å². The van der Waals surface area contributed by atoms with Gasteiger partial charge in [0.15, 0.2) is 0 Å². The molecule has 0 aliphatic carbocycles. The van der Waals surface area contributed by atoms with Gasteiger partial charge in [-0.15, -0.1) is 0 Å². The molecule has 2 amide bonds. The van der Waals surface area contributed by atoms with Gasteiger partial charge in [0.25, 0.3) is 11.8 Å². The molecule has 2 aromatic carbocycles. The normalized spacial score (nSPS) is 18.6. The first kappa shape index (κ1) is 17.5. The predicted molar refractivity (Wildman–Crippen MR) is 102 cm³/mol. The van der Waals surface area contributed by atoms with Crippen LogP contribution in [0.5, 0.6) is 0 Å². The van der Waals surface area contributed by atoms with E-state index in [9.17, 15) is 14.0 Å². The highest BCUT2D eigenvalue weighted by Crippen LogP contribution is 2.36. The molecule has 2 aliphatic rings. The van der Waals surface area contributed by atoms with Crippen LogP contribution in [0.3, 0.4) is 0 Å². The first-order valence-corrected chi connectivity index (χ1v) is 9.25. The highest BCUT2D eigenvalue weighted by Gasteiger charge is 2.42. The number of para-hydroxylation sites is 1. The Labute approximate surface area is 157 Å². The number of hydrogen-bond donors (Lipinski definition) is 0. The van der Waals surface area contributed by atoms with Crippen LogP contribution < -0.4 is 4.90 Å². The van der Waals surface area contributed by atoms with Crippen molar-refractivity contribution in [1.29, 1.82) is 0 Å². The summed E-state index contributed by atoms with van der Waals surface area (Å²) in [6.45, 7) is 3.68. The number of imide groups is 1. The van der Waals surface area contributed by atoms with E-state index in [2.05, 4.69) is 6.92 Å². The zero-order valence-corrected chi connectivity index (χ0v) is 15.2. The minimum atomic E-state index is -0.371. The van der Waals surface area contributed by atoms with Gasteiger partial charge in [0.2, 0.25) is 0 Å². The second-order valence-electron chi connectivity index (χ2n) is 7.18. The average molecular weight is 364 g/mol. The van der Waals surface area contributed by atoms with Crippen LogP contribution in [0, 0.1) is 11.7 Å². The Morgan fingerprint density at radius 3 is 2.15 bits per heavy atom. The molecule has 138 valence electrons. The number of amides is 2. The van der Waals surface area contributed by atoms with Crippen molar-refractivity contribution in [2.75, 3.05) is 18.0 Å². The van der Waals surface area contributed by atoms with Crippen LogP contribution in [-0.2, 0) is 9.59 Å². The van der Waals surface area contributed by atoms with Crippen molar-refractivity contribution < 1.29 is 14.0 Å². The lowest BCUT2D eigenvalue weighted by atomic mass is 9.97. The molecular formula is C22H21FN2O2. The van der Waals surface area contributed by atoms with Gasteiger partial charge in [-0.1, -0.05) is 37.3 Å². The second-order valence-corrected chi connectivity index (χ2v) is 7.18. The molecule has 0 atom stereocenters. The fraction of sp³-hybridized carbons (Fsp3) is 0.273. The van der Waals surface area contributed by atoms with E-state index in [4.69, 9.17) is 0 Å². The van der Waals surface area contributed by atoms with Gasteiger partial charge in [-0.2, -0.15) is 0 Å². The zero-order chi connectivity index (χ0) is 19.0. The Morgan fingerprint density at radius 2 is 1.52 bits per heavy atom. The first-order chi connectivity index (χ1) is 13.1. The van der Waals surface area contributed by atoms with E-state index in [0.29, 0.717) is 28.4 Å². The van der Waals surface area contributed by atoms with Crippen LogP contribution in [-0.4, -0.2) is 29.8 Å². The highest BCUT2D eigenvalue weighted by atomic mass is 19.1. The minimum Gasteiger partial charge on any atom is -0.366 e. The van der Waals surface area contributed by atoms with Crippen LogP contribution in [0.1, 0.15) is 25.3 Å². The Bertz CT molecular complexity index is 898. The molecule has 1 fully saturated rings. The van der Waals surface area contributed by atoms with Gasteiger partial charge in [-0.3, -0.25) is 9.59 Å². The number of anilines is 1. The number of carbonyl (C=O) groups is 2. The number of benzene rings is 2. The fourth-order valence-corrected chi connectivity index (χ4v) is 3.73. The number of rotatable bonds is 3. The molecular weight excluding hydrogens is 343 g/mol. The van der Waals surface area contributed by atoms with Crippen LogP contribution in [0.2, 0.25) is 0 Å². The summed E-state index contributed by atoms with van der Waals surface area (Å²) >= 11 is 0. The fourth-order valence-electron chi connectivity index (χ4n) is 3.73. The van der Waals surface area contributed by atoms with E-state index in [1.165, 1.54) is 17.0 Å². The maximum atomic E-state index is 13.4. The molecule has 27 heavy (non-hydrogen) atoms. The molecule has 2 aliphatic heterocycles. The number of halogens is 1. The zero-order valence-electron chi connectivity index (χ0n) is 15.2. The van der Waals surface area contributed by atoms with Crippen molar-refractivity contribution in [3.8, 4) is 0 Å². The number of carbonyl (C=O) groups excluding carboxylic acids is 2. The summed E-state index contributed by atoms with van der Waals surface area (Å²) in [5.41, 5.74) is 1.91. The largest absolute Gasteiger partial charge is 0.366 e. The number of nitrogens with zero attached hydrogens (tertiary/aromatic N) is 2. The van der Waals surface area contributed by atoms with Gasteiger partial charge >= 0.3 is 0 Å². The van der Waals surface area contributed by atoms with E-state index in [1.807, 2.05) is 11.0 Å². The molecule has 1 saturated heterocycles. The SMILES string of the molecule is CC1CCN(C2=C(c3ccc(F)cc3)C(=O)N(c3ccccc3)C2=O)CC1. The van der Waals surface area contributed by atoms with Crippen molar-refractivity contribution in [2.24, 2.45) is 5.92 Å². The summed E-state index contributed by atoms with van der Waals surface area (Å²) in [5, 5.41) is 0. The lowest BCUT2D eigenvalue weighted by Gasteiger charge is -2.32. The van der Waals surface area contributed by atoms with E-state index in [1.54, 1.807) is 36.4 Å². The van der Waals surface area contributed by atoms with E-state index >= 15 is 0 Å². The number of hydrogen-bond acceptors (Lipinski definition) is 3. The number of piperidine rings is 1. The Morgan fingerprint density at radius 1 is 0.889 bits per heavy atom. The average Bonchev–Trinajstić information content (AvgIpc) is 2.94. The molecule has 2 aromatic rings. The number of likely N-dealkylation sites (tertiary alicyclic amines) is 1. The molecule has 0 unspecified atom stereocenters. The third-order valence-corrected chi connectivity index (χ3v) is 5.31. The molecule has 5 heteroatoms. The molecule has 4 nitrogen and oxygen atoms in total. The van der Waals surface area contributed by atoms with Gasteiger partial charge < -0.3 is 4.90 Å². The van der Waals surface area contributed by atoms with Crippen LogP contribution in [0.25, 0.3) is 5.57 Å². The summed E-state index contributed by atoms with van der Waals surface area (Å²) in [6.07, 6.45) is 1.96. The van der Waals surface area contributed by atoms with Gasteiger partial charge in [0.1, 0.15) is 11.5 Å². The van der Waals surface area contributed by atoms with Crippen molar-refractivity contribution in [1.82, 2.24) is 4.90 Å². The molecule has 4 rings (SSSR count). The summed E-state index contributed by atoms with van der Waals surface area (Å²) in [4.78, 5) is 29.8. The van der Waals surface area contributed by atoms with Crippen LogP contribution in [0.15, 0.2) is 60.3 Å². The smallest absolute Gasteiger partial charge is 0.282 e. The van der Waals surface area contributed by atoms with Crippen LogP contribution in [0.4, 0.5) is 10.1 Å². The maximum Gasteiger partial charge on any atom is 0.282 e. The van der Waals surface area contributed by atoms with Crippen LogP contribution >= 0.6 is 0 Å². The molecule has 0 bridgehead atoms. The third kappa shape index (κ3) is 3.14. The van der Waals surface area contributed by atoms with Crippen molar-refractivity contribution >= 4 is 23.1 Å². The summed E-state index contributed by atoms with van der Waals surface area (Å²) in [5.74, 6) is -0.426. The Balaban J connectivity index is 1.80.